The normalized spacial score (nSPS) is 10.6. The fourth-order valence-corrected chi connectivity index (χ4v) is 2.09. The van der Waals surface area contributed by atoms with Crippen LogP contribution in [0.25, 0.3) is 0 Å². The number of hydrogen-bond donors (Lipinski definition) is 1. The zero-order valence-electron chi connectivity index (χ0n) is 10.1. The number of aliphatic hydroxyl groups excluding tert-OH is 1. The molecule has 0 spiro atoms. The van der Waals surface area contributed by atoms with Gasteiger partial charge in [-0.25, -0.2) is 0 Å². The second kappa shape index (κ2) is 6.12. The minimum absolute atomic E-state index is 0.0204. The van der Waals surface area contributed by atoms with Crippen molar-refractivity contribution in [3.05, 3.63) is 71.8 Å². The summed E-state index contributed by atoms with van der Waals surface area (Å²) in [6.07, 6.45) is 0.338. The highest BCUT2D eigenvalue weighted by atomic mass is 16.3. The van der Waals surface area contributed by atoms with Crippen molar-refractivity contribution in [2.24, 2.45) is 0 Å². The molecule has 0 saturated heterocycles. The minimum atomic E-state index is -0.393. The van der Waals surface area contributed by atoms with E-state index in [1.807, 2.05) is 60.7 Å². The Bertz CT molecular complexity index is 452. The number of carbonyl (C=O) groups excluding carboxylic acids is 1. The Balaban J connectivity index is 2.32. The van der Waals surface area contributed by atoms with Gasteiger partial charge in [-0.2, -0.15) is 0 Å². The molecule has 0 atom stereocenters. The Morgan fingerprint density at radius 1 is 0.889 bits per heavy atom. The molecule has 0 saturated carbocycles. The van der Waals surface area contributed by atoms with Crippen LogP contribution in [0.1, 0.15) is 23.5 Å². The van der Waals surface area contributed by atoms with Gasteiger partial charge in [0.15, 0.2) is 5.78 Å². The monoisotopic (exact) mass is 240 g/mol. The van der Waals surface area contributed by atoms with E-state index in [0.717, 1.165) is 11.1 Å². The van der Waals surface area contributed by atoms with Gasteiger partial charge in [-0.05, 0) is 11.1 Å². The van der Waals surface area contributed by atoms with E-state index < -0.39 is 6.61 Å². The number of aliphatic hydroxyl groups is 1. The number of benzene rings is 2. The second-order valence-corrected chi connectivity index (χ2v) is 4.27. The van der Waals surface area contributed by atoms with Crippen LogP contribution in [-0.4, -0.2) is 17.5 Å². The molecule has 0 fully saturated rings. The summed E-state index contributed by atoms with van der Waals surface area (Å²) in [4.78, 5) is 11.5. The third-order valence-electron chi connectivity index (χ3n) is 3.01. The molecule has 92 valence electrons. The summed E-state index contributed by atoms with van der Waals surface area (Å²) in [7, 11) is 0. The fraction of sp³-hybridized carbons (Fsp3) is 0.188. The first-order valence-electron chi connectivity index (χ1n) is 6.03. The standard InChI is InChI=1S/C16H16O2/c17-12-15(18)11-16(13-7-3-1-4-8-13)14-9-5-2-6-10-14/h1-10,16-17H,11-12H2. The Hall–Kier alpha value is -1.93. The van der Waals surface area contributed by atoms with Crippen molar-refractivity contribution in [1.82, 2.24) is 0 Å². The summed E-state index contributed by atoms with van der Waals surface area (Å²) in [6, 6.07) is 19.8. The highest BCUT2D eigenvalue weighted by molar-refractivity contribution is 5.80. The molecule has 0 bridgehead atoms. The van der Waals surface area contributed by atoms with Crippen molar-refractivity contribution in [2.75, 3.05) is 6.61 Å². The Kier molecular flexibility index (Phi) is 4.26. The highest BCUT2D eigenvalue weighted by Gasteiger charge is 2.17. The van der Waals surface area contributed by atoms with Crippen molar-refractivity contribution in [2.45, 2.75) is 12.3 Å². The van der Waals surface area contributed by atoms with Crippen LogP contribution >= 0.6 is 0 Å². The molecule has 2 nitrogen and oxygen atoms in total. The first-order valence-corrected chi connectivity index (χ1v) is 6.03. The zero-order chi connectivity index (χ0) is 12.8. The van der Waals surface area contributed by atoms with E-state index in [1.54, 1.807) is 0 Å². The van der Waals surface area contributed by atoms with E-state index in [2.05, 4.69) is 0 Å². The zero-order valence-corrected chi connectivity index (χ0v) is 10.1. The molecule has 0 aliphatic heterocycles. The average molecular weight is 240 g/mol. The SMILES string of the molecule is O=C(CO)CC(c1ccccc1)c1ccccc1. The number of hydrogen-bond acceptors (Lipinski definition) is 2. The predicted octanol–water partition coefficient (Wildman–Crippen LogP) is 2.77. The minimum Gasteiger partial charge on any atom is -0.389 e. The second-order valence-electron chi connectivity index (χ2n) is 4.27. The van der Waals surface area contributed by atoms with Crippen LogP contribution in [0.3, 0.4) is 0 Å². The molecule has 0 aliphatic carbocycles. The van der Waals surface area contributed by atoms with Gasteiger partial charge in [0.2, 0.25) is 0 Å². The molecule has 0 unspecified atom stereocenters. The van der Waals surface area contributed by atoms with Crippen LogP contribution in [0.5, 0.6) is 0 Å². The molecule has 1 N–H and O–H groups in total. The first-order chi connectivity index (χ1) is 8.81. The molecule has 18 heavy (non-hydrogen) atoms. The van der Waals surface area contributed by atoms with E-state index in [0.29, 0.717) is 6.42 Å². The molecule has 0 aromatic heterocycles. The third-order valence-corrected chi connectivity index (χ3v) is 3.01. The molecule has 2 rings (SSSR count). The lowest BCUT2D eigenvalue weighted by molar-refractivity contribution is -0.121. The summed E-state index contributed by atoms with van der Waals surface area (Å²) >= 11 is 0. The van der Waals surface area contributed by atoms with Crippen molar-refractivity contribution in [1.29, 1.82) is 0 Å². The molecular formula is C16H16O2. The maximum atomic E-state index is 11.5. The topological polar surface area (TPSA) is 37.3 Å². The average Bonchev–Trinajstić information content (AvgIpc) is 2.46. The summed E-state index contributed by atoms with van der Waals surface area (Å²) in [5.74, 6) is -0.111. The summed E-state index contributed by atoms with van der Waals surface area (Å²) in [5.41, 5.74) is 2.20. The molecule has 0 radical (unpaired) electrons. The number of rotatable bonds is 5. The van der Waals surface area contributed by atoms with Crippen LogP contribution in [0.2, 0.25) is 0 Å². The van der Waals surface area contributed by atoms with Gasteiger partial charge in [0.05, 0.1) is 0 Å². The lowest BCUT2D eigenvalue weighted by atomic mass is 9.87. The summed E-state index contributed by atoms with van der Waals surface area (Å²) in [6.45, 7) is -0.393. The molecule has 0 amide bonds. The lowest BCUT2D eigenvalue weighted by Gasteiger charge is -2.16. The number of Topliss-reactive ketones (excluding diaryl/α,β-unsaturated/α-hetero) is 1. The van der Waals surface area contributed by atoms with Crippen LogP contribution in [-0.2, 0) is 4.79 Å². The van der Waals surface area contributed by atoms with Gasteiger partial charge < -0.3 is 5.11 Å². The van der Waals surface area contributed by atoms with E-state index in [-0.39, 0.29) is 11.7 Å². The molecule has 0 aliphatic rings. The Morgan fingerprint density at radius 2 is 1.33 bits per heavy atom. The molecule has 0 heterocycles. The molecule has 2 heteroatoms. The molecule has 2 aromatic carbocycles. The van der Waals surface area contributed by atoms with Gasteiger partial charge in [0.25, 0.3) is 0 Å². The van der Waals surface area contributed by atoms with E-state index in [1.165, 1.54) is 0 Å². The lowest BCUT2D eigenvalue weighted by Crippen LogP contribution is -2.11. The number of ketones is 1. The maximum absolute atomic E-state index is 11.5. The molecular weight excluding hydrogens is 224 g/mol. The van der Waals surface area contributed by atoms with Crippen LogP contribution in [0, 0.1) is 0 Å². The van der Waals surface area contributed by atoms with E-state index in [9.17, 15) is 4.79 Å². The largest absolute Gasteiger partial charge is 0.389 e. The van der Waals surface area contributed by atoms with Gasteiger partial charge in [-0.1, -0.05) is 60.7 Å². The van der Waals surface area contributed by atoms with Gasteiger partial charge in [0.1, 0.15) is 6.61 Å². The Labute approximate surface area is 107 Å². The van der Waals surface area contributed by atoms with Crippen molar-refractivity contribution in [3.8, 4) is 0 Å². The van der Waals surface area contributed by atoms with Crippen LogP contribution in [0.4, 0.5) is 0 Å². The number of carbonyl (C=O) groups is 1. The van der Waals surface area contributed by atoms with Crippen molar-refractivity contribution < 1.29 is 9.90 Å². The van der Waals surface area contributed by atoms with E-state index >= 15 is 0 Å². The quantitative estimate of drug-likeness (QED) is 0.872. The van der Waals surface area contributed by atoms with Crippen molar-refractivity contribution >= 4 is 5.78 Å². The smallest absolute Gasteiger partial charge is 0.159 e. The third kappa shape index (κ3) is 3.05. The van der Waals surface area contributed by atoms with Gasteiger partial charge >= 0.3 is 0 Å². The highest BCUT2D eigenvalue weighted by Crippen LogP contribution is 2.27. The van der Waals surface area contributed by atoms with E-state index in [4.69, 9.17) is 5.11 Å². The van der Waals surface area contributed by atoms with Gasteiger partial charge in [-0.15, -0.1) is 0 Å². The first kappa shape index (κ1) is 12.5. The fourth-order valence-electron chi connectivity index (χ4n) is 2.09. The summed E-state index contributed by atoms with van der Waals surface area (Å²) < 4.78 is 0. The van der Waals surface area contributed by atoms with Crippen LogP contribution < -0.4 is 0 Å². The Morgan fingerprint density at radius 3 is 1.72 bits per heavy atom. The van der Waals surface area contributed by atoms with Crippen LogP contribution in [0.15, 0.2) is 60.7 Å². The maximum Gasteiger partial charge on any atom is 0.159 e. The predicted molar refractivity (Wildman–Crippen MR) is 71.4 cm³/mol. The van der Waals surface area contributed by atoms with Crippen molar-refractivity contribution in [3.63, 3.8) is 0 Å². The van der Waals surface area contributed by atoms with Gasteiger partial charge in [-0.3, -0.25) is 4.79 Å². The molecule has 2 aromatic rings. The summed E-state index contributed by atoms with van der Waals surface area (Å²) in [5, 5.41) is 8.93. The van der Waals surface area contributed by atoms with Gasteiger partial charge in [0, 0.05) is 12.3 Å².